The maximum atomic E-state index is 6.94. The fourth-order valence-corrected chi connectivity index (χ4v) is 10.8. The zero-order valence-electron chi connectivity index (χ0n) is 37.4. The molecule has 0 amide bonds. The van der Waals surface area contributed by atoms with Crippen molar-refractivity contribution >= 4 is 87.5 Å². The highest BCUT2D eigenvalue weighted by Crippen LogP contribution is 2.45. The predicted molar refractivity (Wildman–Crippen MR) is 285 cm³/mol. The molecule has 0 radical (unpaired) electrons. The van der Waals surface area contributed by atoms with E-state index in [1.54, 1.807) is 0 Å². The van der Waals surface area contributed by atoms with Gasteiger partial charge >= 0.3 is 0 Å². The summed E-state index contributed by atoms with van der Waals surface area (Å²) >= 11 is 0. The summed E-state index contributed by atoms with van der Waals surface area (Å²) in [4.78, 5) is 15.8. The Labute approximate surface area is 399 Å². The third-order valence-electron chi connectivity index (χ3n) is 14.0. The van der Waals surface area contributed by atoms with Crippen LogP contribution in [0.5, 0.6) is 0 Å². The highest BCUT2D eigenvalue weighted by molar-refractivity contribution is 6.26. The number of rotatable bonds is 6. The van der Waals surface area contributed by atoms with E-state index in [2.05, 4.69) is 173 Å². The van der Waals surface area contributed by atoms with Gasteiger partial charge in [-0.25, -0.2) is 4.98 Å². The van der Waals surface area contributed by atoms with Crippen molar-refractivity contribution < 1.29 is 8.83 Å². The minimum atomic E-state index is 0.516. The van der Waals surface area contributed by atoms with Crippen molar-refractivity contribution in [1.29, 1.82) is 0 Å². The van der Waals surface area contributed by atoms with E-state index < -0.39 is 0 Å². The number of hydrogen-bond donors (Lipinski definition) is 0. The first-order valence-electron chi connectivity index (χ1n) is 23.5. The normalized spacial score (nSPS) is 12.0. The van der Waals surface area contributed by atoms with Crippen LogP contribution < -0.4 is 0 Å². The van der Waals surface area contributed by atoms with E-state index >= 15 is 0 Å². The molecule has 5 heterocycles. The molecule has 70 heavy (non-hydrogen) atoms. The van der Waals surface area contributed by atoms with Gasteiger partial charge in [0.2, 0.25) is 5.95 Å². The third-order valence-corrected chi connectivity index (χ3v) is 14.0. The van der Waals surface area contributed by atoms with Crippen LogP contribution in [0.1, 0.15) is 0 Å². The molecule has 15 aromatic rings. The van der Waals surface area contributed by atoms with E-state index in [1.165, 1.54) is 11.1 Å². The minimum Gasteiger partial charge on any atom is -0.456 e. The molecule has 15 rings (SSSR count). The van der Waals surface area contributed by atoms with Gasteiger partial charge in [-0.05, 0) is 76.9 Å². The summed E-state index contributed by atoms with van der Waals surface area (Å²) in [5.74, 6) is 1.64. The fourth-order valence-electron chi connectivity index (χ4n) is 10.8. The molecule has 5 aromatic heterocycles. The molecule has 326 valence electrons. The number of hydrogen-bond acceptors (Lipinski definition) is 5. The maximum Gasteiger partial charge on any atom is 0.238 e. The lowest BCUT2D eigenvalue weighted by atomic mass is 9.98. The second-order valence-electron chi connectivity index (χ2n) is 17.9. The first-order chi connectivity index (χ1) is 34.7. The van der Waals surface area contributed by atoms with E-state index in [1.807, 2.05) is 60.7 Å². The summed E-state index contributed by atoms with van der Waals surface area (Å²) in [6, 6.07) is 78.6. The van der Waals surface area contributed by atoms with Gasteiger partial charge < -0.3 is 13.4 Å². The van der Waals surface area contributed by atoms with Crippen LogP contribution in [0.15, 0.2) is 233 Å². The molecule has 0 bridgehead atoms. The number of fused-ring (bicyclic) bond motifs is 13. The van der Waals surface area contributed by atoms with Gasteiger partial charge in [-0.1, -0.05) is 170 Å². The van der Waals surface area contributed by atoms with E-state index in [-0.39, 0.29) is 0 Å². The molecule has 0 aliphatic carbocycles. The molecule has 0 unspecified atom stereocenters. The molecule has 0 spiro atoms. The van der Waals surface area contributed by atoms with Gasteiger partial charge in [-0.2, -0.15) is 9.97 Å². The van der Waals surface area contributed by atoms with Crippen LogP contribution in [0.3, 0.4) is 0 Å². The quantitative estimate of drug-likeness (QED) is 0.166. The molecule has 7 nitrogen and oxygen atoms in total. The van der Waals surface area contributed by atoms with Gasteiger partial charge in [0.05, 0.1) is 27.8 Å². The van der Waals surface area contributed by atoms with Crippen LogP contribution in [0.25, 0.3) is 144 Å². The molecular formula is C63H37N5O2. The molecular weight excluding hydrogens is 859 g/mol. The Kier molecular flexibility index (Phi) is 8.23. The molecule has 0 atom stereocenters. The Bertz CT molecular complexity index is 4580. The van der Waals surface area contributed by atoms with Crippen LogP contribution in [0, 0.1) is 0 Å². The summed E-state index contributed by atoms with van der Waals surface area (Å²) in [5.41, 5.74) is 14.7. The molecule has 0 saturated carbocycles. The molecule has 7 heteroatoms. The van der Waals surface area contributed by atoms with Crippen molar-refractivity contribution in [3.8, 4) is 56.7 Å². The highest BCUT2D eigenvalue weighted by atomic mass is 16.3. The molecule has 0 aliphatic heterocycles. The average Bonchev–Trinajstić information content (AvgIpc) is 4.19. The van der Waals surface area contributed by atoms with E-state index in [0.29, 0.717) is 17.6 Å². The smallest absolute Gasteiger partial charge is 0.238 e. The summed E-state index contributed by atoms with van der Waals surface area (Å²) in [6.07, 6.45) is 0. The maximum absolute atomic E-state index is 6.94. The topological polar surface area (TPSA) is 74.8 Å². The SMILES string of the molecule is c1ccc(-c2ccc(-c3cc(-n4c5ccccc5c5ccc6c(c7ccccc7n6-c6nc(-c7ccccc7)nc(-c7ccc8c(c7)oc7ccccc78)n6)c54)c4oc5ccccc5c4c3)cc2)cc1. The molecule has 0 saturated heterocycles. The third kappa shape index (κ3) is 5.79. The second kappa shape index (κ2) is 15.0. The lowest BCUT2D eigenvalue weighted by Gasteiger charge is -2.13. The van der Waals surface area contributed by atoms with Crippen LogP contribution in [-0.4, -0.2) is 24.1 Å². The Hall–Kier alpha value is -9.59. The Morgan fingerprint density at radius 3 is 1.57 bits per heavy atom. The largest absolute Gasteiger partial charge is 0.456 e. The van der Waals surface area contributed by atoms with Gasteiger partial charge in [-0.15, -0.1) is 0 Å². The number of furan rings is 2. The molecule has 0 N–H and O–H groups in total. The number of para-hydroxylation sites is 4. The highest BCUT2D eigenvalue weighted by Gasteiger charge is 2.25. The average molecular weight is 896 g/mol. The zero-order valence-corrected chi connectivity index (χ0v) is 37.4. The minimum absolute atomic E-state index is 0.516. The lowest BCUT2D eigenvalue weighted by molar-refractivity contribution is 0.666. The fraction of sp³-hybridized carbons (Fsp3) is 0. The summed E-state index contributed by atoms with van der Waals surface area (Å²) < 4.78 is 17.9. The standard InChI is InChI=1S/C63H37N5O2/c1-3-15-38(16-4-1)39-27-29-40(30-28-39)43-35-50-46-21-10-14-26-56(46)70-60(50)54(36-43)67-51-23-11-7-19-44(51)48-33-34-53-58(59(48)67)49-22-8-12-24-52(49)68(53)63-65-61(41-17-5-2-6-18-41)64-62(66-63)42-31-32-47-45-20-9-13-25-55(45)69-57(47)37-42/h1-37H. The van der Waals surface area contributed by atoms with Crippen molar-refractivity contribution in [2.45, 2.75) is 0 Å². The summed E-state index contributed by atoms with van der Waals surface area (Å²) in [6.45, 7) is 0. The predicted octanol–water partition coefficient (Wildman–Crippen LogP) is 16.5. The summed E-state index contributed by atoms with van der Waals surface area (Å²) in [7, 11) is 0. The van der Waals surface area contributed by atoms with Crippen LogP contribution in [-0.2, 0) is 0 Å². The van der Waals surface area contributed by atoms with Gasteiger partial charge in [0.25, 0.3) is 0 Å². The Morgan fingerprint density at radius 2 is 0.829 bits per heavy atom. The lowest BCUT2D eigenvalue weighted by Crippen LogP contribution is -2.06. The second-order valence-corrected chi connectivity index (χ2v) is 17.9. The van der Waals surface area contributed by atoms with E-state index in [0.717, 1.165) is 115 Å². The van der Waals surface area contributed by atoms with Gasteiger partial charge in [0.15, 0.2) is 17.2 Å². The van der Waals surface area contributed by atoms with Crippen molar-refractivity contribution in [2.24, 2.45) is 0 Å². The molecule has 0 fully saturated rings. The number of benzene rings is 10. The van der Waals surface area contributed by atoms with Crippen LogP contribution in [0.4, 0.5) is 0 Å². The molecule has 10 aromatic carbocycles. The van der Waals surface area contributed by atoms with Crippen molar-refractivity contribution in [3.05, 3.63) is 224 Å². The first kappa shape index (κ1) is 38.5. The first-order valence-corrected chi connectivity index (χ1v) is 23.5. The molecule has 0 aliphatic rings. The van der Waals surface area contributed by atoms with Gasteiger partial charge in [0, 0.05) is 54.2 Å². The van der Waals surface area contributed by atoms with E-state index in [4.69, 9.17) is 23.8 Å². The van der Waals surface area contributed by atoms with Crippen molar-refractivity contribution in [2.75, 3.05) is 0 Å². The zero-order chi connectivity index (χ0) is 45.9. The Morgan fingerprint density at radius 1 is 0.300 bits per heavy atom. The van der Waals surface area contributed by atoms with Crippen molar-refractivity contribution in [3.63, 3.8) is 0 Å². The van der Waals surface area contributed by atoms with Crippen molar-refractivity contribution in [1.82, 2.24) is 24.1 Å². The van der Waals surface area contributed by atoms with Gasteiger partial charge in [0.1, 0.15) is 16.7 Å². The van der Waals surface area contributed by atoms with Crippen LogP contribution >= 0.6 is 0 Å². The van der Waals surface area contributed by atoms with E-state index in [9.17, 15) is 0 Å². The van der Waals surface area contributed by atoms with Crippen LogP contribution in [0.2, 0.25) is 0 Å². The van der Waals surface area contributed by atoms with Gasteiger partial charge in [-0.3, -0.25) is 4.57 Å². The number of nitrogens with zero attached hydrogens (tertiary/aromatic N) is 5. The summed E-state index contributed by atoms with van der Waals surface area (Å²) in [5, 5.41) is 8.69. The number of aromatic nitrogens is 5. The monoisotopic (exact) mass is 895 g/mol. The Balaban J connectivity index is 1.01.